The fourth-order valence-electron chi connectivity index (χ4n) is 6.81. The van der Waals surface area contributed by atoms with E-state index in [1.54, 1.807) is 43.7 Å². The molecule has 0 aromatic carbocycles. The minimum Gasteiger partial charge on any atom is -0.492 e. The van der Waals surface area contributed by atoms with Crippen LogP contribution in [0.1, 0.15) is 92.5 Å². The number of halogens is 3. The lowest BCUT2D eigenvalue weighted by Crippen LogP contribution is -2.53. The van der Waals surface area contributed by atoms with E-state index in [1.807, 2.05) is 41.5 Å². The molecule has 0 spiro atoms. The maximum atomic E-state index is 12.0. The molecule has 8 heterocycles. The topological polar surface area (TPSA) is 168 Å². The number of carbonyl (C=O) groups excluding carboxylic acids is 2. The Kier molecular flexibility index (Phi) is 14.7. The highest BCUT2D eigenvalue weighted by Crippen LogP contribution is 2.33. The Hall–Kier alpha value is -3.67. The minimum atomic E-state index is -0.486. The minimum absolute atomic E-state index is 0.0525. The molecule has 324 valence electrons. The Bertz CT molecular complexity index is 2040. The first-order valence-corrected chi connectivity index (χ1v) is 21.3. The zero-order chi connectivity index (χ0) is 42.5. The van der Waals surface area contributed by atoms with Gasteiger partial charge in [0.15, 0.2) is 23.8 Å². The lowest BCUT2D eigenvalue weighted by molar-refractivity contribution is -0.0371. The first kappa shape index (κ1) is 44.9. The van der Waals surface area contributed by atoms with Crippen molar-refractivity contribution in [2.75, 3.05) is 52.6 Å². The summed E-state index contributed by atoms with van der Waals surface area (Å²) in [5.74, 6) is 1.14. The summed E-state index contributed by atoms with van der Waals surface area (Å²) in [5, 5.41) is 20.4. The number of rotatable bonds is 6. The second kappa shape index (κ2) is 19.4. The van der Waals surface area contributed by atoms with E-state index in [9.17, 15) is 9.59 Å². The number of nitrogens with zero attached hydrogens (tertiary/aromatic N) is 8. The number of hydrogen-bond donors (Lipinski definition) is 1. The van der Waals surface area contributed by atoms with Gasteiger partial charge in [0.05, 0.1) is 34.8 Å². The third-order valence-corrected chi connectivity index (χ3v) is 10.5. The molecular weight excluding hydrogens is 827 g/mol. The Morgan fingerprint density at radius 2 is 1.20 bits per heavy atom. The predicted octanol–water partition coefficient (Wildman–Crippen LogP) is 8.31. The first-order valence-electron chi connectivity index (χ1n) is 20.1. The zero-order valence-electron chi connectivity index (χ0n) is 34.5. The molecule has 19 heteroatoms. The highest BCUT2D eigenvalue weighted by Gasteiger charge is 2.35. The summed E-state index contributed by atoms with van der Waals surface area (Å²) in [4.78, 5) is 35.4. The van der Waals surface area contributed by atoms with Crippen molar-refractivity contribution in [2.24, 2.45) is 11.8 Å². The molecule has 0 radical (unpaired) electrons. The highest BCUT2D eigenvalue weighted by molar-refractivity contribution is 6.37. The average Bonchev–Trinajstić information content (AvgIpc) is 3.75. The average molecular weight is 882 g/mol. The van der Waals surface area contributed by atoms with E-state index in [-0.39, 0.29) is 43.1 Å². The highest BCUT2D eigenvalue weighted by atomic mass is 35.5. The van der Waals surface area contributed by atoms with Crippen LogP contribution in [0.3, 0.4) is 0 Å². The third-order valence-electron chi connectivity index (χ3n) is 9.79. The van der Waals surface area contributed by atoms with E-state index in [1.165, 1.54) is 0 Å². The smallest absolute Gasteiger partial charge is 0.410 e. The second-order valence-corrected chi connectivity index (χ2v) is 18.3. The monoisotopic (exact) mass is 880 g/mol. The van der Waals surface area contributed by atoms with Gasteiger partial charge in [-0.3, -0.25) is 0 Å². The summed E-state index contributed by atoms with van der Waals surface area (Å²) in [6, 6.07) is 3.33. The summed E-state index contributed by atoms with van der Waals surface area (Å²) >= 11 is 18.2. The van der Waals surface area contributed by atoms with E-state index in [2.05, 4.69) is 20.2 Å². The van der Waals surface area contributed by atoms with Crippen LogP contribution in [0.15, 0.2) is 24.5 Å². The number of fused-ring (bicyclic) bond motifs is 2. The number of amides is 2. The molecule has 4 fully saturated rings. The molecule has 0 aliphatic carbocycles. The molecule has 2 amide bonds. The van der Waals surface area contributed by atoms with Gasteiger partial charge in [0, 0.05) is 63.9 Å². The molecule has 0 saturated carbocycles. The van der Waals surface area contributed by atoms with Gasteiger partial charge in [0.2, 0.25) is 0 Å². The van der Waals surface area contributed by atoms with Gasteiger partial charge in [-0.15, -0.1) is 0 Å². The van der Waals surface area contributed by atoms with Gasteiger partial charge in [-0.1, -0.05) is 34.8 Å². The normalized spacial score (nSPS) is 20.2. The summed E-state index contributed by atoms with van der Waals surface area (Å²) in [6.45, 7) is 15.7. The molecule has 0 bridgehead atoms. The molecule has 4 aromatic rings. The number of aliphatic hydroxyl groups excluding tert-OH is 1. The maximum absolute atomic E-state index is 12.0. The number of pyridine rings is 2. The first-order chi connectivity index (χ1) is 28.0. The number of likely N-dealkylation sites (tertiary alicyclic amines) is 2. The van der Waals surface area contributed by atoms with Gasteiger partial charge >= 0.3 is 12.2 Å². The van der Waals surface area contributed by atoms with E-state index < -0.39 is 11.2 Å². The standard InChI is InChI=1S/C20H27ClN4O4.C11H11Cl2N3O.C9H17NO3/c1-20(2,3)29-19(26)24-10-13(11-24)12-28-15-8-16(21)23-18-14(15)9-22-25(18)17-6-4-5-7-27-17;12-8-5-9(13)15-11-7(8)6-14-16(11)10-3-1-2-4-17-10;1-9(2,3)13-8(12)10-4-7(5-10)6-11/h8-9,13,17H,4-7,10-12H2,1-3H3;5-6,10H,1-4H2;7,11H,4-6H2,1-3H3. The van der Waals surface area contributed by atoms with Crippen LogP contribution in [-0.2, 0) is 18.9 Å². The largest absolute Gasteiger partial charge is 0.492 e. The van der Waals surface area contributed by atoms with Gasteiger partial charge in [0.1, 0.15) is 27.3 Å². The van der Waals surface area contributed by atoms with Crippen molar-refractivity contribution in [3.8, 4) is 5.75 Å². The lowest BCUT2D eigenvalue weighted by atomic mass is 10.0. The van der Waals surface area contributed by atoms with E-state index in [0.717, 1.165) is 62.5 Å². The van der Waals surface area contributed by atoms with Crippen molar-refractivity contribution < 1.29 is 38.4 Å². The lowest BCUT2D eigenvalue weighted by Gasteiger charge is -2.39. The molecule has 8 rings (SSSR count). The van der Waals surface area contributed by atoms with Crippen molar-refractivity contribution in [3.63, 3.8) is 0 Å². The molecule has 59 heavy (non-hydrogen) atoms. The predicted molar refractivity (Wildman–Crippen MR) is 223 cm³/mol. The summed E-state index contributed by atoms with van der Waals surface area (Å²) in [6.07, 6.45) is 8.99. The van der Waals surface area contributed by atoms with Crippen LogP contribution < -0.4 is 4.74 Å². The molecule has 1 N–H and O–H groups in total. The maximum Gasteiger partial charge on any atom is 0.410 e. The number of hydrogen-bond acceptors (Lipinski definition) is 12. The quantitative estimate of drug-likeness (QED) is 0.184. The molecule has 4 aliphatic rings. The number of aromatic nitrogens is 6. The fourth-order valence-corrected chi connectivity index (χ4v) is 7.47. The van der Waals surface area contributed by atoms with E-state index in [0.29, 0.717) is 65.2 Å². The summed E-state index contributed by atoms with van der Waals surface area (Å²) in [5.41, 5.74) is 0.444. The van der Waals surface area contributed by atoms with Crippen molar-refractivity contribution in [2.45, 2.75) is 104 Å². The van der Waals surface area contributed by atoms with Gasteiger partial charge in [-0.05, 0) is 86.1 Å². The molecular formula is C40H55Cl3N8O8. The molecule has 4 aliphatic heterocycles. The van der Waals surface area contributed by atoms with Crippen LogP contribution in [0, 0.1) is 11.8 Å². The van der Waals surface area contributed by atoms with Crippen LogP contribution >= 0.6 is 34.8 Å². The Morgan fingerprint density at radius 1 is 0.729 bits per heavy atom. The summed E-state index contributed by atoms with van der Waals surface area (Å²) < 4.78 is 31.6. The Morgan fingerprint density at radius 3 is 1.68 bits per heavy atom. The van der Waals surface area contributed by atoms with Crippen molar-refractivity contribution in [1.29, 1.82) is 0 Å². The molecule has 16 nitrogen and oxygen atoms in total. The SMILES string of the molecule is CC(C)(C)OC(=O)N1CC(CO)C1.CC(C)(C)OC(=O)N1CC(COc2cc(Cl)nc3c2cnn3C2CCCCO2)C1.Clc1cc(Cl)c2cnn(C3CCCCO3)c2n1. The Balaban J connectivity index is 0.000000165. The number of ether oxygens (including phenoxy) is 5. The zero-order valence-corrected chi connectivity index (χ0v) is 36.8. The molecule has 2 unspecified atom stereocenters. The number of carbonyl (C=O) groups is 2. The van der Waals surface area contributed by atoms with Crippen LogP contribution in [0.25, 0.3) is 22.1 Å². The van der Waals surface area contributed by atoms with Gasteiger partial charge < -0.3 is 38.6 Å². The Labute approximate surface area is 359 Å². The van der Waals surface area contributed by atoms with Crippen LogP contribution in [0.5, 0.6) is 5.75 Å². The molecule has 2 atom stereocenters. The van der Waals surface area contributed by atoms with E-state index in [4.69, 9.17) is 63.6 Å². The van der Waals surface area contributed by atoms with E-state index >= 15 is 0 Å². The summed E-state index contributed by atoms with van der Waals surface area (Å²) in [7, 11) is 0. The number of aliphatic hydroxyl groups is 1. The van der Waals surface area contributed by atoms with Crippen molar-refractivity contribution in [3.05, 3.63) is 39.9 Å². The molecule has 4 saturated heterocycles. The van der Waals surface area contributed by atoms with Crippen LogP contribution in [-0.4, -0.2) is 120 Å². The fraction of sp³-hybridized carbons (Fsp3) is 0.650. The van der Waals surface area contributed by atoms with Crippen LogP contribution in [0.4, 0.5) is 9.59 Å². The van der Waals surface area contributed by atoms with Crippen molar-refractivity contribution in [1.82, 2.24) is 39.3 Å². The third kappa shape index (κ3) is 12.0. The molecule has 4 aromatic heterocycles. The van der Waals surface area contributed by atoms with Gasteiger partial charge in [0.25, 0.3) is 0 Å². The second-order valence-electron chi connectivity index (χ2n) is 17.2. The van der Waals surface area contributed by atoms with Crippen molar-refractivity contribution >= 4 is 69.1 Å². The van der Waals surface area contributed by atoms with Gasteiger partial charge in [-0.25, -0.2) is 28.9 Å². The van der Waals surface area contributed by atoms with Crippen LogP contribution in [0.2, 0.25) is 15.3 Å². The van der Waals surface area contributed by atoms with Gasteiger partial charge in [-0.2, -0.15) is 10.2 Å².